The van der Waals surface area contributed by atoms with Crippen LogP contribution in [0.5, 0.6) is 0 Å². The first-order valence-electron chi connectivity index (χ1n) is 14.0. The van der Waals surface area contributed by atoms with E-state index in [9.17, 15) is 23.1 Å². The third-order valence-electron chi connectivity index (χ3n) is 9.00. The van der Waals surface area contributed by atoms with E-state index in [-0.39, 0.29) is 48.1 Å². The van der Waals surface area contributed by atoms with Crippen LogP contribution in [-0.4, -0.2) is 34.6 Å². The number of alkyl halides is 3. The quantitative estimate of drug-likeness (QED) is 0.298. The largest absolute Gasteiger partial charge is 0.445 e. The molecule has 1 aromatic heterocycles. The molecule has 1 atom stereocenters. The van der Waals surface area contributed by atoms with E-state index in [0.717, 1.165) is 23.1 Å². The zero-order chi connectivity index (χ0) is 28.7. The van der Waals surface area contributed by atoms with Crippen molar-refractivity contribution in [3.63, 3.8) is 0 Å². The SMILES string of the molecule is Cl.O=C1N(C[C@H]2C[C@H](NC(C3CC3)C3CC3)C2)c2cc(-c3ncco3)cc(C(F)(F)F)c2C1(O)c1c(F)cccc1F. The monoisotopic (exact) mass is 609 g/mol. The average Bonchev–Trinajstić information content (AvgIpc) is 3.84. The van der Waals surface area contributed by atoms with Crippen LogP contribution in [0.15, 0.2) is 47.2 Å². The molecule has 12 heteroatoms. The topological polar surface area (TPSA) is 78.6 Å². The van der Waals surface area contributed by atoms with Crippen molar-refractivity contribution in [2.75, 3.05) is 11.4 Å². The van der Waals surface area contributed by atoms with Gasteiger partial charge in [-0.2, -0.15) is 13.2 Å². The minimum atomic E-state index is -5.08. The first-order chi connectivity index (χ1) is 19.6. The van der Waals surface area contributed by atoms with Gasteiger partial charge in [0.05, 0.1) is 23.0 Å². The van der Waals surface area contributed by atoms with Gasteiger partial charge in [0.2, 0.25) is 11.5 Å². The van der Waals surface area contributed by atoms with Crippen LogP contribution in [0.25, 0.3) is 11.5 Å². The Balaban J connectivity index is 0.00000316. The van der Waals surface area contributed by atoms with Crippen molar-refractivity contribution in [2.24, 2.45) is 17.8 Å². The summed E-state index contributed by atoms with van der Waals surface area (Å²) in [6.07, 6.45) is 3.69. The van der Waals surface area contributed by atoms with Crippen molar-refractivity contribution < 1.29 is 36.3 Å². The van der Waals surface area contributed by atoms with Crippen LogP contribution in [0.2, 0.25) is 0 Å². The van der Waals surface area contributed by atoms with E-state index in [1.54, 1.807) is 0 Å². The van der Waals surface area contributed by atoms with Crippen LogP contribution < -0.4 is 10.2 Å². The Labute approximate surface area is 244 Å². The van der Waals surface area contributed by atoms with E-state index in [2.05, 4.69) is 10.3 Å². The van der Waals surface area contributed by atoms with Crippen LogP contribution in [0.1, 0.15) is 55.2 Å². The lowest BCUT2D eigenvalue weighted by Crippen LogP contribution is -2.52. The summed E-state index contributed by atoms with van der Waals surface area (Å²) in [6.45, 7) is -0.00769. The number of halogens is 6. The number of carbonyl (C=O) groups is 1. The number of nitrogens with zero attached hydrogens (tertiary/aromatic N) is 2. The second kappa shape index (κ2) is 10.3. The molecule has 1 unspecified atom stereocenters. The first-order valence-corrected chi connectivity index (χ1v) is 14.0. The first kappa shape index (κ1) is 29.1. The molecule has 0 spiro atoms. The normalized spacial score (nSPS) is 25.4. The minimum absolute atomic E-state index is 0. The molecule has 2 heterocycles. The van der Waals surface area contributed by atoms with Crippen molar-refractivity contribution in [2.45, 2.75) is 62.4 Å². The molecule has 4 aliphatic rings. The van der Waals surface area contributed by atoms with Gasteiger partial charge in [-0.1, -0.05) is 6.07 Å². The smallest absolute Gasteiger partial charge is 0.416 e. The third-order valence-corrected chi connectivity index (χ3v) is 9.00. The summed E-state index contributed by atoms with van der Waals surface area (Å²) in [5.74, 6) is -2.66. The maximum atomic E-state index is 15.0. The molecule has 0 saturated heterocycles. The van der Waals surface area contributed by atoms with Crippen LogP contribution in [0, 0.1) is 29.4 Å². The molecule has 0 bridgehead atoms. The molecule has 224 valence electrons. The van der Waals surface area contributed by atoms with E-state index in [0.29, 0.717) is 36.8 Å². The highest BCUT2D eigenvalue weighted by molar-refractivity contribution is 6.10. The third kappa shape index (κ3) is 4.79. The molecular formula is C30H29ClF5N3O3. The molecule has 3 aliphatic carbocycles. The fourth-order valence-electron chi connectivity index (χ4n) is 6.72. The molecule has 42 heavy (non-hydrogen) atoms. The number of aliphatic hydroxyl groups is 1. The second-order valence-corrected chi connectivity index (χ2v) is 11.9. The molecule has 3 fully saturated rings. The van der Waals surface area contributed by atoms with Crippen molar-refractivity contribution in [1.29, 1.82) is 0 Å². The maximum absolute atomic E-state index is 15.0. The highest BCUT2D eigenvalue weighted by Crippen LogP contribution is 2.53. The second-order valence-electron chi connectivity index (χ2n) is 11.9. The van der Waals surface area contributed by atoms with E-state index in [1.807, 2.05) is 0 Å². The summed E-state index contributed by atoms with van der Waals surface area (Å²) in [5, 5.41) is 15.5. The Bertz CT molecular complexity index is 1470. The summed E-state index contributed by atoms with van der Waals surface area (Å²) in [4.78, 5) is 18.9. The molecule has 3 aromatic rings. The van der Waals surface area contributed by atoms with Gasteiger partial charge in [-0.3, -0.25) is 4.79 Å². The van der Waals surface area contributed by atoms with Gasteiger partial charge in [-0.15, -0.1) is 12.4 Å². The highest BCUT2D eigenvalue weighted by Gasteiger charge is 2.58. The fourth-order valence-corrected chi connectivity index (χ4v) is 6.72. The lowest BCUT2D eigenvalue weighted by Gasteiger charge is -2.40. The maximum Gasteiger partial charge on any atom is 0.416 e. The summed E-state index contributed by atoms with van der Waals surface area (Å²) in [6, 6.07) is 5.29. The number of anilines is 1. The van der Waals surface area contributed by atoms with Gasteiger partial charge in [0.1, 0.15) is 17.9 Å². The number of rotatable bonds is 8. The van der Waals surface area contributed by atoms with E-state index >= 15 is 8.78 Å². The predicted molar refractivity (Wildman–Crippen MR) is 145 cm³/mol. The number of aromatic nitrogens is 1. The molecule has 3 saturated carbocycles. The highest BCUT2D eigenvalue weighted by atomic mass is 35.5. The molecule has 2 N–H and O–H groups in total. The summed E-state index contributed by atoms with van der Waals surface area (Å²) < 4.78 is 78.9. The predicted octanol–water partition coefficient (Wildman–Crippen LogP) is 6.20. The van der Waals surface area contributed by atoms with E-state index in [4.69, 9.17) is 4.42 Å². The zero-order valence-corrected chi connectivity index (χ0v) is 23.2. The number of nitrogens with one attached hydrogen (secondary N) is 1. The van der Waals surface area contributed by atoms with Crippen molar-refractivity contribution >= 4 is 24.0 Å². The molecule has 2 aromatic carbocycles. The average molecular weight is 610 g/mol. The minimum Gasteiger partial charge on any atom is -0.445 e. The molecule has 1 aliphatic heterocycles. The van der Waals surface area contributed by atoms with E-state index in [1.165, 1.54) is 44.2 Å². The Morgan fingerprint density at radius 1 is 1.07 bits per heavy atom. The van der Waals surface area contributed by atoms with Gasteiger partial charge in [0.15, 0.2) is 0 Å². The molecular weight excluding hydrogens is 581 g/mol. The summed E-state index contributed by atoms with van der Waals surface area (Å²) in [7, 11) is 0. The zero-order valence-electron chi connectivity index (χ0n) is 22.3. The van der Waals surface area contributed by atoms with Gasteiger partial charge in [0, 0.05) is 29.8 Å². The number of hydrogen-bond donors (Lipinski definition) is 2. The fraction of sp³-hybridized carbons (Fsp3) is 0.467. The number of amides is 1. The van der Waals surface area contributed by atoms with Gasteiger partial charge < -0.3 is 19.7 Å². The number of carbonyl (C=O) groups excluding carboxylic acids is 1. The molecule has 1 amide bonds. The van der Waals surface area contributed by atoms with E-state index < -0.39 is 46.0 Å². The Morgan fingerprint density at radius 3 is 2.26 bits per heavy atom. The van der Waals surface area contributed by atoms with Crippen molar-refractivity contribution in [3.05, 3.63) is 71.1 Å². The lowest BCUT2D eigenvalue weighted by molar-refractivity contribution is -0.142. The number of fused-ring (bicyclic) bond motifs is 1. The molecule has 7 rings (SSSR count). The molecule has 0 radical (unpaired) electrons. The van der Waals surface area contributed by atoms with Crippen LogP contribution in [0.3, 0.4) is 0 Å². The van der Waals surface area contributed by atoms with Gasteiger partial charge in [-0.25, -0.2) is 13.8 Å². The Morgan fingerprint density at radius 2 is 1.71 bits per heavy atom. The Kier molecular flexibility index (Phi) is 7.14. The Hall–Kier alpha value is -3.02. The van der Waals surface area contributed by atoms with Crippen LogP contribution >= 0.6 is 12.4 Å². The number of oxazole rings is 1. The number of hydrogen-bond acceptors (Lipinski definition) is 5. The standard InChI is InChI=1S/C30H28F5N3O3.ClH/c31-21-2-1-3-22(32)25(21)29(40)24-20(30(33,34)35)12-18(27-36-8-9-41-27)13-23(24)38(28(29)39)14-15-10-19(11-15)37-26(16-4-5-16)17-6-7-17;/h1-3,8-9,12-13,15-17,19,26,37,40H,4-7,10-11,14H2;1H/t15-,19-,29?;. The van der Waals surface area contributed by atoms with Crippen molar-refractivity contribution in [1.82, 2.24) is 10.3 Å². The van der Waals surface area contributed by atoms with Gasteiger partial charge in [-0.05, 0) is 80.5 Å². The molecule has 6 nitrogen and oxygen atoms in total. The van der Waals surface area contributed by atoms with Gasteiger partial charge in [0.25, 0.3) is 5.91 Å². The lowest BCUT2D eigenvalue weighted by atomic mass is 9.79. The van der Waals surface area contributed by atoms with Crippen LogP contribution in [0.4, 0.5) is 27.6 Å². The summed E-state index contributed by atoms with van der Waals surface area (Å²) >= 11 is 0. The number of benzene rings is 2. The van der Waals surface area contributed by atoms with Gasteiger partial charge >= 0.3 is 6.18 Å². The summed E-state index contributed by atoms with van der Waals surface area (Å²) in [5.41, 5.74) is -7.00. The van der Waals surface area contributed by atoms with Crippen LogP contribution in [-0.2, 0) is 16.6 Å². The van der Waals surface area contributed by atoms with Crippen molar-refractivity contribution in [3.8, 4) is 11.5 Å².